The van der Waals surface area contributed by atoms with Crippen LogP contribution in [-0.4, -0.2) is 40.1 Å². The van der Waals surface area contributed by atoms with Crippen molar-refractivity contribution in [2.24, 2.45) is 0 Å². The molecule has 2 unspecified atom stereocenters. The van der Waals surface area contributed by atoms with Crippen molar-refractivity contribution in [1.29, 1.82) is 0 Å². The van der Waals surface area contributed by atoms with E-state index in [1.807, 2.05) is 103 Å². The minimum Gasteiger partial charge on any atom is -0.480 e. The number of anilines is 1. The van der Waals surface area contributed by atoms with Gasteiger partial charge in [-0.3, -0.25) is 4.79 Å². The van der Waals surface area contributed by atoms with Crippen molar-refractivity contribution in [3.63, 3.8) is 0 Å². The highest BCUT2D eigenvalue weighted by Gasteiger charge is 2.23. The molecule has 9 heteroatoms. The molecule has 0 aliphatic rings. The third-order valence-corrected chi connectivity index (χ3v) is 8.98. The number of halogens is 2. The summed E-state index contributed by atoms with van der Waals surface area (Å²) >= 11 is 1.51. The Morgan fingerprint density at radius 1 is 0.776 bits per heavy atom. The van der Waals surface area contributed by atoms with Gasteiger partial charge in [-0.2, -0.15) is 11.8 Å². The van der Waals surface area contributed by atoms with Crippen LogP contribution in [0.25, 0.3) is 11.1 Å². The Morgan fingerprint density at radius 3 is 2.06 bits per heavy atom. The third-order valence-electron chi connectivity index (χ3n) is 8.34. The van der Waals surface area contributed by atoms with Crippen molar-refractivity contribution in [2.75, 3.05) is 16.9 Å². The van der Waals surface area contributed by atoms with Gasteiger partial charge in [-0.25, -0.2) is 13.6 Å². The number of thioether (sulfide) groups is 1. The second-order valence-corrected chi connectivity index (χ2v) is 12.9. The maximum absolute atomic E-state index is 14.3. The molecule has 0 spiro atoms. The summed E-state index contributed by atoms with van der Waals surface area (Å²) in [5.41, 5.74) is 6.20. The number of amides is 1. The van der Waals surface area contributed by atoms with Crippen molar-refractivity contribution in [3.05, 3.63) is 160 Å². The number of carboxylic acid groups (broad SMARTS) is 1. The summed E-state index contributed by atoms with van der Waals surface area (Å²) in [6.07, 6.45) is 1.35. The van der Waals surface area contributed by atoms with Crippen molar-refractivity contribution >= 4 is 29.3 Å². The van der Waals surface area contributed by atoms with E-state index >= 15 is 0 Å². The molecular weight excluding hydrogens is 643 g/mol. The number of nitrogens with zero attached hydrogens (tertiary/aromatic N) is 1. The van der Waals surface area contributed by atoms with E-state index in [1.165, 1.54) is 23.9 Å². The van der Waals surface area contributed by atoms with Crippen molar-refractivity contribution in [1.82, 2.24) is 5.32 Å². The Labute approximate surface area is 289 Å². The number of aliphatic carboxylic acids is 1. The summed E-state index contributed by atoms with van der Waals surface area (Å²) in [7, 11) is 0. The van der Waals surface area contributed by atoms with Crippen LogP contribution in [0.1, 0.15) is 50.7 Å². The molecule has 0 fully saturated rings. The second kappa shape index (κ2) is 16.4. The van der Waals surface area contributed by atoms with E-state index in [1.54, 1.807) is 12.1 Å². The maximum atomic E-state index is 14.3. The summed E-state index contributed by atoms with van der Waals surface area (Å²) in [6, 6.07) is 32.1. The monoisotopic (exact) mass is 680 g/mol. The highest BCUT2D eigenvalue weighted by Crippen LogP contribution is 2.31. The Kier molecular flexibility index (Phi) is 11.8. The minimum atomic E-state index is -1.09. The van der Waals surface area contributed by atoms with E-state index in [0.29, 0.717) is 34.6 Å². The third kappa shape index (κ3) is 9.13. The maximum Gasteiger partial charge on any atom is 0.326 e. The van der Waals surface area contributed by atoms with Gasteiger partial charge in [0.05, 0.1) is 0 Å². The van der Waals surface area contributed by atoms with Crippen LogP contribution in [0.4, 0.5) is 14.5 Å². The number of rotatable bonds is 14. The fraction of sp³-hybridized carbons (Fsp3) is 0.200. The lowest BCUT2D eigenvalue weighted by atomic mass is 9.93. The molecule has 0 heterocycles. The molecular formula is C40H38F2N2O4S. The molecule has 0 saturated heterocycles. The number of carboxylic acids is 1. The smallest absolute Gasteiger partial charge is 0.326 e. The highest BCUT2D eigenvalue weighted by molar-refractivity contribution is 7.98. The van der Waals surface area contributed by atoms with Gasteiger partial charge >= 0.3 is 5.97 Å². The second-order valence-electron chi connectivity index (χ2n) is 11.9. The van der Waals surface area contributed by atoms with Gasteiger partial charge < -0.3 is 20.4 Å². The molecule has 49 heavy (non-hydrogen) atoms. The summed E-state index contributed by atoms with van der Waals surface area (Å²) < 4.78 is 28.5. The molecule has 5 rings (SSSR count). The zero-order valence-electron chi connectivity index (χ0n) is 27.3. The first kappa shape index (κ1) is 35.3. The first-order chi connectivity index (χ1) is 23.6. The molecule has 5 aromatic rings. The lowest BCUT2D eigenvalue weighted by Gasteiger charge is -2.27. The molecule has 0 bridgehead atoms. The molecule has 2 atom stereocenters. The minimum absolute atomic E-state index is 0.174. The largest absolute Gasteiger partial charge is 0.480 e. The van der Waals surface area contributed by atoms with Gasteiger partial charge in [0, 0.05) is 30.4 Å². The quantitative estimate of drug-likeness (QED) is 0.110. The van der Waals surface area contributed by atoms with Crippen LogP contribution in [-0.2, 0) is 17.9 Å². The Bertz CT molecular complexity index is 1880. The van der Waals surface area contributed by atoms with Gasteiger partial charge in [0.2, 0.25) is 0 Å². The van der Waals surface area contributed by atoms with E-state index < -0.39 is 35.7 Å². The van der Waals surface area contributed by atoms with Gasteiger partial charge in [0.1, 0.15) is 23.8 Å². The van der Waals surface area contributed by atoms with Gasteiger partial charge in [-0.15, -0.1) is 0 Å². The normalized spacial score (nSPS) is 12.3. The molecule has 5 aromatic carbocycles. The van der Waals surface area contributed by atoms with Crippen LogP contribution in [0, 0.1) is 18.6 Å². The number of carbonyl (C=O) groups is 2. The molecule has 0 aromatic heterocycles. The summed E-state index contributed by atoms with van der Waals surface area (Å²) in [5.74, 6) is -2.35. The number of hydrogen-bond acceptors (Lipinski definition) is 5. The van der Waals surface area contributed by atoms with Crippen LogP contribution >= 0.6 is 11.8 Å². The average Bonchev–Trinajstić information content (AvgIpc) is 3.09. The molecule has 1 amide bonds. The van der Waals surface area contributed by atoms with Gasteiger partial charge in [-0.1, -0.05) is 72.8 Å². The first-order valence-electron chi connectivity index (χ1n) is 15.9. The van der Waals surface area contributed by atoms with Crippen molar-refractivity contribution in [2.45, 2.75) is 38.6 Å². The number of aliphatic hydroxyl groups is 1. The van der Waals surface area contributed by atoms with Crippen LogP contribution in [0.2, 0.25) is 0 Å². The topological polar surface area (TPSA) is 89.9 Å². The predicted molar refractivity (Wildman–Crippen MR) is 192 cm³/mol. The van der Waals surface area contributed by atoms with E-state index in [4.69, 9.17) is 0 Å². The fourth-order valence-electron chi connectivity index (χ4n) is 5.79. The molecule has 0 saturated carbocycles. The molecule has 252 valence electrons. The van der Waals surface area contributed by atoms with Gasteiger partial charge in [0.15, 0.2) is 0 Å². The SMILES string of the molecule is CSCCC(NC(=O)c1ccc(CN(Cc2cc(F)cc(F)c2)c2ccc(C(O)c3ccccc3)cc2)cc1-c1ccccc1C)C(=O)O. The zero-order valence-corrected chi connectivity index (χ0v) is 28.1. The summed E-state index contributed by atoms with van der Waals surface area (Å²) in [6.45, 7) is 2.43. The standard InChI is InChI=1S/C40H38F2N2O4S/c1-26-8-6-7-11-34(26)36-22-27(12-17-35(36)39(46)43-37(40(47)48)18-19-49-2)24-44(25-28-20-31(41)23-32(42)21-28)33-15-13-30(14-16-33)38(45)29-9-4-3-5-10-29/h3-17,20-23,37-38,45H,18-19,24-25H2,1-2H3,(H,43,46)(H,47,48). The summed E-state index contributed by atoms with van der Waals surface area (Å²) in [5, 5.41) is 23.4. The highest BCUT2D eigenvalue weighted by atomic mass is 32.2. The van der Waals surface area contributed by atoms with E-state index in [-0.39, 0.29) is 13.0 Å². The van der Waals surface area contributed by atoms with Crippen molar-refractivity contribution in [3.8, 4) is 11.1 Å². The van der Waals surface area contributed by atoms with E-state index in [9.17, 15) is 28.6 Å². The number of benzene rings is 5. The predicted octanol–water partition coefficient (Wildman–Crippen LogP) is 8.16. The average molecular weight is 681 g/mol. The number of hydrogen-bond donors (Lipinski definition) is 3. The van der Waals surface area contributed by atoms with Crippen LogP contribution in [0.5, 0.6) is 0 Å². The number of aryl methyl sites for hydroxylation is 1. The van der Waals surface area contributed by atoms with E-state index in [2.05, 4.69) is 5.32 Å². The lowest BCUT2D eigenvalue weighted by molar-refractivity contribution is -0.139. The van der Waals surface area contributed by atoms with E-state index in [0.717, 1.165) is 34.0 Å². The summed E-state index contributed by atoms with van der Waals surface area (Å²) in [4.78, 5) is 27.5. The van der Waals surface area contributed by atoms with Gasteiger partial charge in [0.25, 0.3) is 5.91 Å². The Hall–Kier alpha value is -4.99. The zero-order chi connectivity index (χ0) is 34.9. The Balaban J connectivity index is 1.51. The molecule has 3 N–H and O–H groups in total. The van der Waals surface area contributed by atoms with Crippen molar-refractivity contribution < 1.29 is 28.6 Å². The number of nitrogens with one attached hydrogen (secondary N) is 1. The van der Waals surface area contributed by atoms with Crippen LogP contribution in [0.15, 0.2) is 115 Å². The van der Waals surface area contributed by atoms with Crippen LogP contribution in [0.3, 0.4) is 0 Å². The number of carbonyl (C=O) groups excluding carboxylic acids is 1. The van der Waals surface area contributed by atoms with Gasteiger partial charge in [-0.05, 0) is 101 Å². The molecule has 0 aliphatic heterocycles. The molecule has 0 radical (unpaired) electrons. The lowest BCUT2D eigenvalue weighted by Crippen LogP contribution is -2.41. The first-order valence-corrected chi connectivity index (χ1v) is 17.3. The fourth-order valence-corrected chi connectivity index (χ4v) is 6.26. The number of aliphatic hydroxyl groups excluding tert-OH is 1. The molecule has 6 nitrogen and oxygen atoms in total. The Morgan fingerprint density at radius 2 is 1.41 bits per heavy atom. The molecule has 0 aliphatic carbocycles. The van der Waals surface area contributed by atoms with Crippen LogP contribution < -0.4 is 10.2 Å².